The molecule has 0 aliphatic heterocycles. The standard InChI is InChI=1S/C18H22FN3O.HI/c1-12-7-13(2)9-16(8-12)22-18(20)21-11-14(3)23-17-6-4-5-15(19)10-17;/h4-10,14H,11H2,1-3H3,(H3,20,21,22);1H. The number of nitrogens with two attached hydrogens (primary N) is 1. The third-order valence-corrected chi connectivity index (χ3v) is 3.15. The van der Waals surface area contributed by atoms with Gasteiger partial charge in [0.25, 0.3) is 0 Å². The van der Waals surface area contributed by atoms with Crippen molar-refractivity contribution in [1.29, 1.82) is 0 Å². The van der Waals surface area contributed by atoms with Gasteiger partial charge in [0.05, 0.1) is 6.54 Å². The van der Waals surface area contributed by atoms with Crippen LogP contribution in [0.4, 0.5) is 10.1 Å². The fourth-order valence-corrected chi connectivity index (χ4v) is 2.27. The summed E-state index contributed by atoms with van der Waals surface area (Å²) in [4.78, 5) is 4.26. The van der Waals surface area contributed by atoms with Crippen LogP contribution >= 0.6 is 24.0 Å². The van der Waals surface area contributed by atoms with Crippen LogP contribution in [-0.4, -0.2) is 18.6 Å². The number of rotatable bonds is 5. The second-order valence-electron chi connectivity index (χ2n) is 5.61. The highest BCUT2D eigenvalue weighted by molar-refractivity contribution is 14.0. The molecule has 2 aromatic rings. The van der Waals surface area contributed by atoms with E-state index in [0.29, 0.717) is 18.3 Å². The zero-order chi connectivity index (χ0) is 16.8. The van der Waals surface area contributed by atoms with Gasteiger partial charge >= 0.3 is 0 Å². The highest BCUT2D eigenvalue weighted by Gasteiger charge is 2.05. The normalized spacial score (nSPS) is 12.2. The van der Waals surface area contributed by atoms with E-state index in [9.17, 15) is 4.39 Å². The molecular formula is C18H23FIN3O. The first-order chi connectivity index (χ1) is 10.9. The van der Waals surface area contributed by atoms with E-state index in [2.05, 4.69) is 16.4 Å². The zero-order valence-electron chi connectivity index (χ0n) is 14.0. The van der Waals surface area contributed by atoms with E-state index in [1.54, 1.807) is 12.1 Å². The lowest BCUT2D eigenvalue weighted by atomic mass is 10.1. The van der Waals surface area contributed by atoms with E-state index in [-0.39, 0.29) is 35.9 Å². The van der Waals surface area contributed by atoms with Gasteiger partial charge in [-0.15, -0.1) is 24.0 Å². The number of halogens is 2. The van der Waals surface area contributed by atoms with Crippen LogP contribution in [-0.2, 0) is 0 Å². The molecule has 4 nitrogen and oxygen atoms in total. The predicted molar refractivity (Wildman–Crippen MR) is 108 cm³/mol. The summed E-state index contributed by atoms with van der Waals surface area (Å²) in [5.41, 5.74) is 9.11. The molecule has 0 saturated carbocycles. The molecule has 0 bridgehead atoms. The average Bonchev–Trinajstić information content (AvgIpc) is 2.44. The van der Waals surface area contributed by atoms with Crippen molar-refractivity contribution in [1.82, 2.24) is 0 Å². The minimum Gasteiger partial charge on any atom is -0.489 e. The van der Waals surface area contributed by atoms with Crippen LogP contribution in [0.2, 0.25) is 0 Å². The van der Waals surface area contributed by atoms with Gasteiger partial charge in [-0.05, 0) is 56.2 Å². The Labute approximate surface area is 159 Å². The predicted octanol–water partition coefficient (Wildman–Crippen LogP) is 4.25. The maximum Gasteiger partial charge on any atom is 0.193 e. The first-order valence-electron chi connectivity index (χ1n) is 7.50. The van der Waals surface area contributed by atoms with Gasteiger partial charge < -0.3 is 15.8 Å². The quantitative estimate of drug-likeness (QED) is 0.413. The van der Waals surface area contributed by atoms with Crippen molar-refractivity contribution in [3.63, 3.8) is 0 Å². The molecule has 0 aliphatic rings. The van der Waals surface area contributed by atoms with Crippen LogP contribution in [0, 0.1) is 19.7 Å². The summed E-state index contributed by atoms with van der Waals surface area (Å²) in [6.07, 6.45) is -0.212. The first-order valence-corrected chi connectivity index (χ1v) is 7.50. The second kappa shape index (κ2) is 9.46. The van der Waals surface area contributed by atoms with E-state index in [1.807, 2.05) is 32.9 Å². The largest absolute Gasteiger partial charge is 0.489 e. The monoisotopic (exact) mass is 443 g/mol. The molecule has 0 amide bonds. The molecule has 2 rings (SSSR count). The number of nitrogens with zero attached hydrogens (tertiary/aromatic N) is 1. The third kappa shape index (κ3) is 6.74. The molecule has 0 radical (unpaired) electrons. The molecule has 24 heavy (non-hydrogen) atoms. The number of guanidine groups is 1. The van der Waals surface area contributed by atoms with Gasteiger partial charge in [0, 0.05) is 11.8 Å². The lowest BCUT2D eigenvalue weighted by Gasteiger charge is -2.13. The van der Waals surface area contributed by atoms with Crippen LogP contribution in [0.1, 0.15) is 18.1 Å². The number of anilines is 1. The number of aryl methyl sites for hydroxylation is 2. The van der Waals surface area contributed by atoms with Gasteiger partial charge in [-0.2, -0.15) is 0 Å². The summed E-state index contributed by atoms with van der Waals surface area (Å²) in [5, 5.41) is 3.06. The third-order valence-electron chi connectivity index (χ3n) is 3.15. The summed E-state index contributed by atoms with van der Waals surface area (Å²) in [6, 6.07) is 12.1. The fraction of sp³-hybridized carbons (Fsp3) is 0.278. The van der Waals surface area contributed by atoms with Crippen LogP contribution in [0.5, 0.6) is 5.75 Å². The van der Waals surface area contributed by atoms with Gasteiger partial charge in [-0.3, -0.25) is 0 Å². The Morgan fingerprint density at radius 2 is 1.88 bits per heavy atom. The molecule has 0 aromatic heterocycles. The highest BCUT2D eigenvalue weighted by Crippen LogP contribution is 2.15. The molecule has 2 aromatic carbocycles. The van der Waals surface area contributed by atoms with E-state index in [0.717, 1.165) is 16.8 Å². The maximum absolute atomic E-state index is 13.1. The topological polar surface area (TPSA) is 59.6 Å². The smallest absolute Gasteiger partial charge is 0.193 e. The van der Waals surface area contributed by atoms with Crippen molar-refractivity contribution in [2.45, 2.75) is 26.9 Å². The lowest BCUT2D eigenvalue weighted by Crippen LogP contribution is -2.25. The molecule has 1 atom stereocenters. The SMILES string of the molecule is Cc1cc(C)cc(NC(N)=NCC(C)Oc2cccc(F)c2)c1.I. The Kier molecular flexibility index (Phi) is 7.97. The van der Waals surface area contributed by atoms with Crippen molar-refractivity contribution in [3.05, 3.63) is 59.4 Å². The van der Waals surface area contributed by atoms with Gasteiger partial charge in [0.15, 0.2) is 5.96 Å². The van der Waals surface area contributed by atoms with E-state index >= 15 is 0 Å². The van der Waals surface area contributed by atoms with E-state index < -0.39 is 0 Å². The minimum atomic E-state index is -0.325. The van der Waals surface area contributed by atoms with Gasteiger partial charge in [-0.25, -0.2) is 9.38 Å². The average molecular weight is 443 g/mol. The number of benzene rings is 2. The maximum atomic E-state index is 13.1. The summed E-state index contributed by atoms with van der Waals surface area (Å²) >= 11 is 0. The summed E-state index contributed by atoms with van der Waals surface area (Å²) in [5.74, 6) is 0.479. The van der Waals surface area contributed by atoms with Gasteiger partial charge in [0.2, 0.25) is 0 Å². The minimum absolute atomic E-state index is 0. The summed E-state index contributed by atoms with van der Waals surface area (Å²) < 4.78 is 18.7. The van der Waals surface area contributed by atoms with Crippen molar-refractivity contribution in [3.8, 4) is 5.75 Å². The second-order valence-corrected chi connectivity index (χ2v) is 5.61. The number of hydrogen-bond acceptors (Lipinski definition) is 2. The Morgan fingerprint density at radius 3 is 2.50 bits per heavy atom. The van der Waals surface area contributed by atoms with Crippen LogP contribution in [0.15, 0.2) is 47.5 Å². The summed E-state index contributed by atoms with van der Waals surface area (Å²) in [6.45, 7) is 6.29. The Balaban J connectivity index is 0.00000288. The van der Waals surface area contributed by atoms with Crippen molar-refractivity contribution < 1.29 is 9.13 Å². The molecule has 0 spiro atoms. The number of nitrogens with one attached hydrogen (secondary N) is 1. The first kappa shape index (κ1) is 20.2. The van der Waals surface area contributed by atoms with Crippen molar-refractivity contribution in [2.75, 3.05) is 11.9 Å². The van der Waals surface area contributed by atoms with Crippen LogP contribution in [0.25, 0.3) is 0 Å². The molecule has 0 aliphatic carbocycles. The Morgan fingerprint density at radius 1 is 1.21 bits per heavy atom. The Bertz CT molecular complexity index is 686. The fourth-order valence-electron chi connectivity index (χ4n) is 2.27. The number of ether oxygens (including phenoxy) is 1. The molecule has 130 valence electrons. The van der Waals surface area contributed by atoms with Gasteiger partial charge in [0.1, 0.15) is 17.7 Å². The molecular weight excluding hydrogens is 420 g/mol. The molecule has 3 N–H and O–H groups in total. The van der Waals surface area contributed by atoms with E-state index in [4.69, 9.17) is 10.5 Å². The van der Waals surface area contributed by atoms with Crippen molar-refractivity contribution in [2.24, 2.45) is 10.7 Å². The van der Waals surface area contributed by atoms with Crippen LogP contribution in [0.3, 0.4) is 0 Å². The molecule has 0 heterocycles. The lowest BCUT2D eigenvalue weighted by molar-refractivity contribution is 0.229. The highest BCUT2D eigenvalue weighted by atomic mass is 127. The van der Waals surface area contributed by atoms with Crippen LogP contribution < -0.4 is 15.8 Å². The Hall–Kier alpha value is -1.83. The molecule has 6 heteroatoms. The zero-order valence-corrected chi connectivity index (χ0v) is 16.4. The van der Waals surface area contributed by atoms with Crippen molar-refractivity contribution >= 4 is 35.6 Å². The molecule has 1 unspecified atom stereocenters. The molecule has 0 fully saturated rings. The molecule has 0 saturated heterocycles. The van der Waals surface area contributed by atoms with Gasteiger partial charge in [-0.1, -0.05) is 12.1 Å². The number of hydrogen-bond donors (Lipinski definition) is 2. The number of aliphatic imine (C=N–C) groups is 1. The van der Waals surface area contributed by atoms with E-state index in [1.165, 1.54) is 12.1 Å². The summed E-state index contributed by atoms with van der Waals surface area (Å²) in [7, 11) is 0.